The number of nitro benzene ring substituents is 1. The Hall–Kier alpha value is -4.35. The van der Waals surface area contributed by atoms with Crippen molar-refractivity contribution < 1.29 is 33.6 Å². The van der Waals surface area contributed by atoms with Crippen molar-refractivity contribution in [3.63, 3.8) is 0 Å². The Balaban J connectivity index is 1.67. The molecule has 2 saturated heterocycles. The van der Waals surface area contributed by atoms with Crippen LogP contribution in [0.1, 0.15) is 11.6 Å². The highest BCUT2D eigenvalue weighted by atomic mass is 35.5. The smallest absolute Gasteiger partial charge is 0.271 e. The van der Waals surface area contributed by atoms with Crippen molar-refractivity contribution in [3.8, 4) is 17.2 Å². The van der Waals surface area contributed by atoms with Gasteiger partial charge in [-0.05, 0) is 42.5 Å². The molecule has 3 atom stereocenters. The summed E-state index contributed by atoms with van der Waals surface area (Å²) >= 11 is 6.00. The molecule has 38 heavy (non-hydrogen) atoms. The minimum Gasteiger partial charge on any atom is -0.493 e. The van der Waals surface area contributed by atoms with Crippen molar-refractivity contribution in [1.82, 2.24) is 0 Å². The second-order valence-corrected chi connectivity index (χ2v) is 8.95. The fourth-order valence-corrected chi connectivity index (χ4v) is 5.03. The van der Waals surface area contributed by atoms with E-state index in [0.29, 0.717) is 22.0 Å². The number of rotatable bonds is 7. The first-order valence-electron chi connectivity index (χ1n) is 11.4. The van der Waals surface area contributed by atoms with E-state index < -0.39 is 34.8 Å². The lowest BCUT2D eigenvalue weighted by molar-refractivity contribution is -0.384. The van der Waals surface area contributed by atoms with E-state index in [1.807, 2.05) is 0 Å². The zero-order valence-electron chi connectivity index (χ0n) is 20.5. The van der Waals surface area contributed by atoms with Crippen LogP contribution in [0, 0.1) is 16.0 Å². The SMILES string of the molecule is COc1ccc([C@@H]2[C@@H]3C(=O)N(c4ccc(Cl)cc4)C(=O)[C@H]3ON2c2cccc([N+](=O)[O-])c2)c(OC)c1OC. The molecule has 0 bridgehead atoms. The molecule has 2 fully saturated rings. The molecule has 2 aliphatic heterocycles. The van der Waals surface area contributed by atoms with Crippen molar-refractivity contribution in [3.05, 3.63) is 81.4 Å². The Bertz CT molecular complexity index is 1430. The molecule has 2 amide bonds. The Morgan fingerprint density at radius 3 is 2.24 bits per heavy atom. The van der Waals surface area contributed by atoms with E-state index in [4.69, 9.17) is 30.6 Å². The third kappa shape index (κ3) is 3.96. The van der Waals surface area contributed by atoms with Crippen LogP contribution in [0.5, 0.6) is 17.2 Å². The number of hydrogen-bond donors (Lipinski definition) is 0. The van der Waals surface area contributed by atoms with E-state index in [1.54, 1.807) is 42.5 Å². The lowest BCUT2D eigenvalue weighted by Crippen LogP contribution is -2.37. The largest absolute Gasteiger partial charge is 0.493 e. The molecule has 0 spiro atoms. The molecule has 0 aromatic heterocycles. The fourth-order valence-electron chi connectivity index (χ4n) is 4.90. The summed E-state index contributed by atoms with van der Waals surface area (Å²) in [7, 11) is 4.36. The highest BCUT2D eigenvalue weighted by Crippen LogP contribution is 2.52. The molecule has 196 valence electrons. The number of carbonyl (C=O) groups excluding carboxylic acids is 2. The topological polar surface area (TPSA) is 121 Å². The number of hydrogen-bond acceptors (Lipinski definition) is 9. The van der Waals surface area contributed by atoms with Crippen molar-refractivity contribution in [1.29, 1.82) is 0 Å². The summed E-state index contributed by atoms with van der Waals surface area (Å²) in [6, 6.07) is 14.5. The molecule has 2 heterocycles. The molecule has 3 aromatic rings. The lowest BCUT2D eigenvalue weighted by atomic mass is 9.89. The van der Waals surface area contributed by atoms with E-state index in [2.05, 4.69) is 0 Å². The van der Waals surface area contributed by atoms with E-state index >= 15 is 0 Å². The maximum absolute atomic E-state index is 13.9. The Morgan fingerprint density at radius 2 is 1.61 bits per heavy atom. The summed E-state index contributed by atoms with van der Waals surface area (Å²) in [5.41, 5.74) is 0.918. The maximum Gasteiger partial charge on any atom is 0.271 e. The highest BCUT2D eigenvalue weighted by molar-refractivity contribution is 6.31. The summed E-state index contributed by atoms with van der Waals surface area (Å²) < 4.78 is 16.6. The van der Waals surface area contributed by atoms with Crippen molar-refractivity contribution in [2.45, 2.75) is 12.1 Å². The second-order valence-electron chi connectivity index (χ2n) is 8.51. The first kappa shape index (κ1) is 25.3. The van der Waals surface area contributed by atoms with Gasteiger partial charge in [-0.15, -0.1) is 0 Å². The number of carbonyl (C=O) groups is 2. The van der Waals surface area contributed by atoms with Gasteiger partial charge in [-0.2, -0.15) is 0 Å². The number of non-ortho nitro benzene ring substituents is 1. The minimum absolute atomic E-state index is 0.179. The maximum atomic E-state index is 13.9. The summed E-state index contributed by atoms with van der Waals surface area (Å²) in [6.07, 6.45) is -1.19. The van der Waals surface area contributed by atoms with Gasteiger partial charge in [0.25, 0.3) is 11.6 Å². The molecule has 0 radical (unpaired) electrons. The average Bonchev–Trinajstić information content (AvgIpc) is 3.43. The monoisotopic (exact) mass is 539 g/mol. The fraction of sp³-hybridized carbons (Fsp3) is 0.231. The van der Waals surface area contributed by atoms with Gasteiger partial charge < -0.3 is 14.2 Å². The van der Waals surface area contributed by atoms with Gasteiger partial charge in [0.1, 0.15) is 12.0 Å². The number of benzene rings is 3. The predicted molar refractivity (Wildman–Crippen MR) is 137 cm³/mol. The molecular weight excluding hydrogens is 518 g/mol. The number of amides is 2. The number of anilines is 2. The molecule has 0 N–H and O–H groups in total. The van der Waals surface area contributed by atoms with Gasteiger partial charge in [-0.1, -0.05) is 17.7 Å². The molecule has 11 nitrogen and oxygen atoms in total. The van der Waals surface area contributed by atoms with Gasteiger partial charge in [0.05, 0.1) is 37.6 Å². The van der Waals surface area contributed by atoms with Crippen molar-refractivity contribution >= 4 is 40.5 Å². The van der Waals surface area contributed by atoms with Crippen LogP contribution in [0.4, 0.5) is 17.1 Å². The summed E-state index contributed by atoms with van der Waals surface area (Å²) in [5, 5.41) is 13.3. The predicted octanol–water partition coefficient (Wildman–Crippen LogP) is 4.33. The third-order valence-electron chi connectivity index (χ3n) is 6.55. The van der Waals surface area contributed by atoms with Gasteiger partial charge in [-0.3, -0.25) is 24.5 Å². The zero-order valence-corrected chi connectivity index (χ0v) is 21.2. The van der Waals surface area contributed by atoms with Gasteiger partial charge in [0.15, 0.2) is 17.6 Å². The number of halogens is 1. The molecule has 2 aliphatic rings. The zero-order chi connectivity index (χ0) is 27.1. The number of imide groups is 1. The van der Waals surface area contributed by atoms with Crippen LogP contribution in [-0.2, 0) is 14.4 Å². The lowest BCUT2D eigenvalue weighted by Gasteiger charge is -2.30. The van der Waals surface area contributed by atoms with Crippen LogP contribution >= 0.6 is 11.6 Å². The number of methoxy groups -OCH3 is 3. The van der Waals surface area contributed by atoms with Crippen LogP contribution in [-0.4, -0.2) is 44.2 Å². The van der Waals surface area contributed by atoms with Crippen LogP contribution in [0.2, 0.25) is 5.02 Å². The highest BCUT2D eigenvalue weighted by Gasteiger charge is 2.61. The molecule has 0 unspecified atom stereocenters. The quantitative estimate of drug-likeness (QED) is 0.245. The standard InChI is InChI=1S/C26H22ClN3O8/c1-35-19-12-11-18(22(36-2)23(19)37-3)21-20-24(38-29(21)16-5-4-6-17(13-16)30(33)34)26(32)28(25(20)31)15-9-7-14(27)8-10-15/h4-13,20-21,24H,1-3H3/t20-,21+,24-/m0/s1. The van der Waals surface area contributed by atoms with Gasteiger partial charge >= 0.3 is 0 Å². The summed E-state index contributed by atoms with van der Waals surface area (Å²) in [5.74, 6) is -1.15. The Morgan fingerprint density at radius 1 is 0.895 bits per heavy atom. The number of hydroxylamine groups is 1. The normalized spacial score (nSPS) is 20.5. The van der Waals surface area contributed by atoms with Gasteiger partial charge in [0, 0.05) is 22.7 Å². The first-order chi connectivity index (χ1) is 18.3. The average molecular weight is 540 g/mol. The van der Waals surface area contributed by atoms with Crippen LogP contribution < -0.4 is 24.2 Å². The molecule has 3 aromatic carbocycles. The third-order valence-corrected chi connectivity index (χ3v) is 6.80. The van der Waals surface area contributed by atoms with E-state index in [-0.39, 0.29) is 22.9 Å². The molecular formula is C26H22ClN3O8. The van der Waals surface area contributed by atoms with E-state index in [9.17, 15) is 19.7 Å². The Kier molecular flexibility index (Phi) is 6.55. The number of ether oxygens (including phenoxy) is 3. The number of nitro groups is 1. The van der Waals surface area contributed by atoms with Crippen LogP contribution in [0.3, 0.4) is 0 Å². The van der Waals surface area contributed by atoms with Crippen molar-refractivity contribution in [2.24, 2.45) is 5.92 Å². The van der Waals surface area contributed by atoms with Crippen LogP contribution in [0.25, 0.3) is 0 Å². The number of nitrogens with zero attached hydrogens (tertiary/aromatic N) is 3. The Labute approximate surface area is 222 Å². The first-order valence-corrected chi connectivity index (χ1v) is 11.8. The molecule has 5 rings (SSSR count). The molecule has 12 heteroatoms. The van der Waals surface area contributed by atoms with Crippen molar-refractivity contribution in [2.75, 3.05) is 31.3 Å². The second kappa shape index (κ2) is 9.84. The molecule has 0 aliphatic carbocycles. The minimum atomic E-state index is -1.19. The van der Waals surface area contributed by atoms with E-state index in [1.165, 1.54) is 44.6 Å². The summed E-state index contributed by atoms with van der Waals surface area (Å²) in [6.45, 7) is 0. The van der Waals surface area contributed by atoms with Gasteiger partial charge in [-0.25, -0.2) is 9.96 Å². The summed E-state index contributed by atoms with van der Waals surface area (Å²) in [4.78, 5) is 45.5. The van der Waals surface area contributed by atoms with E-state index in [0.717, 1.165) is 4.90 Å². The van der Waals surface area contributed by atoms with Gasteiger partial charge in [0.2, 0.25) is 11.7 Å². The van der Waals surface area contributed by atoms with Crippen LogP contribution in [0.15, 0.2) is 60.7 Å². The molecule has 0 saturated carbocycles. The number of fused-ring (bicyclic) bond motifs is 1.